The number of aryl methyl sites for hydroxylation is 2. The number of aliphatic hydroxyl groups is 1. The molecule has 0 aliphatic heterocycles. The summed E-state index contributed by atoms with van der Waals surface area (Å²) in [5, 5.41) is 11.8. The highest BCUT2D eigenvalue weighted by Crippen LogP contribution is 2.34. The van der Waals surface area contributed by atoms with E-state index >= 15 is 0 Å². The lowest BCUT2D eigenvalue weighted by Gasteiger charge is -2.31. The number of hydrogen-bond donors (Lipinski definition) is 2. The zero-order valence-corrected chi connectivity index (χ0v) is 30.1. The van der Waals surface area contributed by atoms with E-state index in [0.29, 0.717) is 24.4 Å². The van der Waals surface area contributed by atoms with Gasteiger partial charge in [-0.05, 0) is 77.1 Å². The number of benzene rings is 5. The van der Waals surface area contributed by atoms with Gasteiger partial charge in [-0.2, -0.15) is 0 Å². The van der Waals surface area contributed by atoms with Crippen LogP contribution in [0.5, 0.6) is 17.2 Å². The van der Waals surface area contributed by atoms with E-state index in [1.165, 1.54) is 0 Å². The molecule has 0 spiro atoms. The average Bonchev–Trinajstić information content (AvgIpc) is 3.10. The molecule has 0 aliphatic rings. The summed E-state index contributed by atoms with van der Waals surface area (Å²) in [6.07, 6.45) is 0.165. The molecule has 5 rings (SSSR count). The Morgan fingerprint density at radius 1 is 0.680 bits per heavy atom. The van der Waals surface area contributed by atoms with Gasteiger partial charge in [-0.15, -0.1) is 0 Å². The Morgan fingerprint density at radius 3 is 1.72 bits per heavy atom. The van der Waals surface area contributed by atoms with Gasteiger partial charge < -0.3 is 19.3 Å². The lowest BCUT2D eigenvalue weighted by Crippen LogP contribution is -2.33. The molecule has 50 heavy (non-hydrogen) atoms. The van der Waals surface area contributed by atoms with Gasteiger partial charge in [0.2, 0.25) is 10.0 Å². The standard InChI is InChI=1S/C41H46N2O6S/c1-29-22-33(16-19-39(29)47-3)36(34-17-20-40(48-4)30(2)23-34)26-43(25-31-12-8-6-9-13-31)27-38(44)35-18-21-41(37(24-35)42-50(5,45)46)49-28-32-14-10-7-11-15-32/h6-24,36,38,42,44H,25-28H2,1-5H3/t38-/m0/s1. The van der Waals surface area contributed by atoms with Crippen LogP contribution in [0.1, 0.15) is 51.0 Å². The summed E-state index contributed by atoms with van der Waals surface area (Å²) in [5.41, 5.74) is 7.23. The molecule has 0 saturated heterocycles. The number of sulfonamides is 1. The fraction of sp³-hybridized carbons (Fsp3) is 0.268. The second kappa shape index (κ2) is 16.7. The second-order valence-electron chi connectivity index (χ2n) is 12.6. The Morgan fingerprint density at radius 2 is 1.20 bits per heavy atom. The Hall–Kier alpha value is -4.83. The van der Waals surface area contributed by atoms with Crippen molar-refractivity contribution in [3.8, 4) is 17.2 Å². The molecule has 1 atom stereocenters. The van der Waals surface area contributed by atoms with Gasteiger partial charge >= 0.3 is 0 Å². The molecule has 5 aromatic carbocycles. The van der Waals surface area contributed by atoms with E-state index in [4.69, 9.17) is 14.2 Å². The van der Waals surface area contributed by atoms with E-state index in [0.717, 1.165) is 51.1 Å². The second-order valence-corrected chi connectivity index (χ2v) is 14.4. The number of hydrogen-bond acceptors (Lipinski definition) is 7. The van der Waals surface area contributed by atoms with Crippen molar-refractivity contribution in [1.82, 2.24) is 4.90 Å². The zero-order chi connectivity index (χ0) is 35.7. The third-order valence-corrected chi connectivity index (χ3v) is 9.28. The van der Waals surface area contributed by atoms with Crippen molar-refractivity contribution in [2.24, 2.45) is 0 Å². The predicted octanol–water partition coefficient (Wildman–Crippen LogP) is 7.64. The maximum atomic E-state index is 12.4. The number of nitrogens with one attached hydrogen (secondary N) is 1. The number of rotatable bonds is 16. The SMILES string of the molecule is COc1ccc(C(CN(Cc2ccccc2)C[C@H](O)c2ccc(OCc3ccccc3)c(NS(C)(=O)=O)c2)c2ccc(OC)c(C)c2)cc1C. The van der Waals surface area contributed by atoms with Crippen LogP contribution in [-0.2, 0) is 23.2 Å². The smallest absolute Gasteiger partial charge is 0.229 e. The minimum absolute atomic E-state index is 0.0450. The van der Waals surface area contributed by atoms with Crippen LogP contribution in [0.3, 0.4) is 0 Å². The van der Waals surface area contributed by atoms with Crippen molar-refractivity contribution in [3.05, 3.63) is 154 Å². The Kier molecular flexibility index (Phi) is 12.2. The maximum absolute atomic E-state index is 12.4. The topological polar surface area (TPSA) is 97.3 Å². The number of methoxy groups -OCH3 is 2. The Bertz CT molecular complexity index is 1920. The van der Waals surface area contributed by atoms with Crippen molar-refractivity contribution < 1.29 is 27.7 Å². The van der Waals surface area contributed by atoms with Crippen molar-refractivity contribution in [2.45, 2.75) is 39.0 Å². The molecular formula is C41H46N2O6S. The first-order chi connectivity index (χ1) is 24.0. The number of ether oxygens (including phenoxy) is 3. The molecule has 0 amide bonds. The molecule has 0 aliphatic carbocycles. The van der Waals surface area contributed by atoms with Gasteiger partial charge in [0.1, 0.15) is 23.9 Å². The summed E-state index contributed by atoms with van der Waals surface area (Å²) in [5.74, 6) is 1.98. The highest BCUT2D eigenvalue weighted by Gasteiger charge is 2.24. The maximum Gasteiger partial charge on any atom is 0.229 e. The van der Waals surface area contributed by atoms with E-state index in [1.54, 1.807) is 32.4 Å². The number of nitrogens with zero attached hydrogens (tertiary/aromatic N) is 1. The van der Waals surface area contributed by atoms with Crippen LogP contribution in [0.25, 0.3) is 0 Å². The molecule has 5 aromatic rings. The predicted molar refractivity (Wildman–Crippen MR) is 200 cm³/mol. The molecule has 0 unspecified atom stereocenters. The minimum atomic E-state index is -3.62. The molecule has 0 heterocycles. The third kappa shape index (κ3) is 9.88. The van der Waals surface area contributed by atoms with Crippen molar-refractivity contribution >= 4 is 15.7 Å². The van der Waals surface area contributed by atoms with Crippen LogP contribution < -0.4 is 18.9 Å². The monoisotopic (exact) mass is 694 g/mol. The summed E-state index contributed by atoms with van der Waals surface area (Å²) in [4.78, 5) is 2.24. The van der Waals surface area contributed by atoms with Crippen molar-refractivity contribution in [3.63, 3.8) is 0 Å². The first-order valence-electron chi connectivity index (χ1n) is 16.5. The van der Waals surface area contributed by atoms with E-state index in [-0.39, 0.29) is 24.8 Å². The van der Waals surface area contributed by atoms with Gasteiger partial charge in [-0.1, -0.05) is 91.0 Å². The van der Waals surface area contributed by atoms with Gasteiger partial charge in [-0.3, -0.25) is 9.62 Å². The van der Waals surface area contributed by atoms with Crippen LogP contribution in [0.15, 0.2) is 115 Å². The molecule has 0 fully saturated rings. The first-order valence-corrected chi connectivity index (χ1v) is 18.4. The minimum Gasteiger partial charge on any atom is -0.496 e. The van der Waals surface area contributed by atoms with Gasteiger partial charge in [0.25, 0.3) is 0 Å². The fourth-order valence-corrected chi connectivity index (χ4v) is 6.75. The molecule has 0 saturated carbocycles. The molecule has 8 nitrogen and oxygen atoms in total. The summed E-state index contributed by atoms with van der Waals surface area (Å²) >= 11 is 0. The Balaban J connectivity index is 1.48. The molecule has 0 bridgehead atoms. The van der Waals surface area contributed by atoms with E-state index in [9.17, 15) is 13.5 Å². The first kappa shape index (κ1) is 36.5. The van der Waals surface area contributed by atoms with Gasteiger partial charge in [-0.25, -0.2) is 8.42 Å². The lowest BCUT2D eigenvalue weighted by atomic mass is 9.88. The lowest BCUT2D eigenvalue weighted by molar-refractivity contribution is 0.107. The van der Waals surface area contributed by atoms with E-state index < -0.39 is 16.1 Å². The normalized spacial score (nSPS) is 12.2. The molecule has 9 heteroatoms. The number of aliphatic hydroxyl groups excluding tert-OH is 1. The van der Waals surface area contributed by atoms with Crippen molar-refractivity contribution in [2.75, 3.05) is 38.3 Å². The highest BCUT2D eigenvalue weighted by atomic mass is 32.2. The summed E-state index contributed by atoms with van der Waals surface area (Å²) in [6.45, 7) is 5.82. The molecule has 0 radical (unpaired) electrons. The van der Waals surface area contributed by atoms with Crippen LogP contribution in [0, 0.1) is 13.8 Å². The summed E-state index contributed by atoms with van der Waals surface area (Å²) in [6, 6.07) is 37.5. The zero-order valence-electron chi connectivity index (χ0n) is 29.3. The van der Waals surface area contributed by atoms with Crippen LogP contribution in [0.4, 0.5) is 5.69 Å². The summed E-state index contributed by atoms with van der Waals surface area (Å²) in [7, 11) is -0.274. The average molecular weight is 695 g/mol. The third-order valence-electron chi connectivity index (χ3n) is 8.68. The number of anilines is 1. The molecule has 2 N–H and O–H groups in total. The van der Waals surface area contributed by atoms with Crippen molar-refractivity contribution in [1.29, 1.82) is 0 Å². The van der Waals surface area contributed by atoms with Gasteiger partial charge in [0.05, 0.1) is 32.3 Å². The summed E-state index contributed by atoms with van der Waals surface area (Å²) < 4.78 is 44.5. The molecule has 262 valence electrons. The molecular weight excluding hydrogens is 649 g/mol. The van der Waals surface area contributed by atoms with E-state index in [1.807, 2.05) is 74.5 Å². The highest BCUT2D eigenvalue weighted by molar-refractivity contribution is 7.92. The van der Waals surface area contributed by atoms with Crippen LogP contribution >= 0.6 is 0 Å². The quantitative estimate of drug-likeness (QED) is 0.110. The van der Waals surface area contributed by atoms with Crippen LogP contribution in [0.2, 0.25) is 0 Å². The Labute approximate surface area is 296 Å². The fourth-order valence-electron chi connectivity index (χ4n) is 6.19. The molecule has 0 aromatic heterocycles. The van der Waals surface area contributed by atoms with Crippen LogP contribution in [-0.4, -0.2) is 52.0 Å². The van der Waals surface area contributed by atoms with Gasteiger partial charge in [0.15, 0.2) is 0 Å². The van der Waals surface area contributed by atoms with Gasteiger partial charge in [0, 0.05) is 25.6 Å². The largest absolute Gasteiger partial charge is 0.496 e. The van der Waals surface area contributed by atoms with E-state index in [2.05, 4.69) is 46.0 Å².